The number of nitrogens with one attached hydrogen (secondary N) is 1. The zero-order chi connectivity index (χ0) is 11.5. The van der Waals surface area contributed by atoms with Crippen molar-refractivity contribution in [1.29, 1.82) is 0 Å². The van der Waals surface area contributed by atoms with Crippen molar-refractivity contribution in [3.8, 4) is 0 Å². The van der Waals surface area contributed by atoms with Crippen molar-refractivity contribution in [3.05, 3.63) is 18.5 Å². The van der Waals surface area contributed by atoms with E-state index in [4.69, 9.17) is 0 Å². The zero-order valence-electron chi connectivity index (χ0n) is 10.4. The minimum atomic E-state index is 0.882. The Morgan fingerprint density at radius 3 is 2.88 bits per heavy atom. The van der Waals surface area contributed by atoms with E-state index in [0.29, 0.717) is 0 Å². The number of nitrogens with zero attached hydrogens (tertiary/aromatic N) is 2. The number of anilines is 2. The van der Waals surface area contributed by atoms with Crippen LogP contribution < -0.4 is 10.2 Å². The van der Waals surface area contributed by atoms with Gasteiger partial charge in [0.05, 0.1) is 23.8 Å². The Balaban J connectivity index is 1.98. The molecular formula is C13H21N3. The Hall–Kier alpha value is -1.25. The molecule has 0 aliphatic heterocycles. The number of pyridine rings is 1. The lowest BCUT2D eigenvalue weighted by Crippen LogP contribution is -2.20. The number of aromatic nitrogens is 1. The van der Waals surface area contributed by atoms with Crippen molar-refractivity contribution in [2.24, 2.45) is 11.8 Å². The molecular weight excluding hydrogens is 198 g/mol. The maximum absolute atomic E-state index is 4.27. The largest absolute Gasteiger partial charge is 0.384 e. The molecule has 0 radical (unpaired) electrons. The lowest BCUT2D eigenvalue weighted by Gasteiger charge is -2.19. The molecule has 0 aromatic carbocycles. The molecule has 1 saturated carbocycles. The van der Waals surface area contributed by atoms with Gasteiger partial charge < -0.3 is 10.2 Å². The van der Waals surface area contributed by atoms with Gasteiger partial charge in [-0.25, -0.2) is 0 Å². The quantitative estimate of drug-likeness (QED) is 0.825. The highest BCUT2D eigenvalue weighted by Gasteiger charge is 2.33. The van der Waals surface area contributed by atoms with E-state index < -0.39 is 0 Å². The number of hydrogen-bond donors (Lipinski definition) is 1. The molecule has 0 saturated heterocycles. The van der Waals surface area contributed by atoms with Crippen molar-refractivity contribution in [3.63, 3.8) is 0 Å². The third-order valence-corrected chi connectivity index (χ3v) is 3.33. The predicted octanol–water partition coefficient (Wildman–Crippen LogP) is 2.61. The highest BCUT2D eigenvalue weighted by molar-refractivity contribution is 5.55. The standard InChI is InChI=1S/C13H21N3/c1-4-15-12-6-13(8-14-7-12)16(3)9-11-5-10(11)2/h6-8,10-11,15H,4-5,9H2,1-3H3. The van der Waals surface area contributed by atoms with Gasteiger partial charge in [0.25, 0.3) is 0 Å². The van der Waals surface area contributed by atoms with Crippen LogP contribution in [0.5, 0.6) is 0 Å². The summed E-state index contributed by atoms with van der Waals surface area (Å²) in [6.07, 6.45) is 5.19. The lowest BCUT2D eigenvalue weighted by atomic mass is 10.3. The molecule has 1 heterocycles. The summed E-state index contributed by atoms with van der Waals surface area (Å²) in [4.78, 5) is 6.57. The summed E-state index contributed by atoms with van der Waals surface area (Å²) in [5.41, 5.74) is 2.31. The lowest BCUT2D eigenvalue weighted by molar-refractivity contribution is 0.724. The van der Waals surface area contributed by atoms with E-state index >= 15 is 0 Å². The second-order valence-corrected chi connectivity index (χ2v) is 4.82. The van der Waals surface area contributed by atoms with Gasteiger partial charge in [0, 0.05) is 20.1 Å². The highest BCUT2D eigenvalue weighted by atomic mass is 15.1. The van der Waals surface area contributed by atoms with Gasteiger partial charge in [0.15, 0.2) is 0 Å². The van der Waals surface area contributed by atoms with Crippen LogP contribution in [0.4, 0.5) is 11.4 Å². The SMILES string of the molecule is CCNc1cncc(N(C)CC2CC2C)c1. The maximum Gasteiger partial charge on any atom is 0.0570 e. The van der Waals surface area contributed by atoms with E-state index in [9.17, 15) is 0 Å². The first-order valence-corrected chi connectivity index (χ1v) is 6.10. The van der Waals surface area contributed by atoms with Gasteiger partial charge >= 0.3 is 0 Å². The monoisotopic (exact) mass is 219 g/mol. The van der Waals surface area contributed by atoms with E-state index in [2.05, 4.69) is 42.2 Å². The third kappa shape index (κ3) is 2.65. The molecule has 1 aliphatic rings. The summed E-state index contributed by atoms with van der Waals surface area (Å²) in [5.74, 6) is 1.79. The number of hydrogen-bond acceptors (Lipinski definition) is 3. The van der Waals surface area contributed by atoms with Crippen LogP contribution in [0.3, 0.4) is 0 Å². The van der Waals surface area contributed by atoms with Crippen molar-refractivity contribution in [2.75, 3.05) is 30.4 Å². The molecule has 3 nitrogen and oxygen atoms in total. The zero-order valence-corrected chi connectivity index (χ0v) is 10.4. The average Bonchev–Trinajstić information content (AvgIpc) is 2.95. The van der Waals surface area contributed by atoms with Crippen LogP contribution in [0.15, 0.2) is 18.5 Å². The molecule has 1 aliphatic carbocycles. The van der Waals surface area contributed by atoms with Gasteiger partial charge in [0.2, 0.25) is 0 Å². The van der Waals surface area contributed by atoms with Crippen LogP contribution in [-0.4, -0.2) is 25.1 Å². The molecule has 3 heteroatoms. The maximum atomic E-state index is 4.27. The summed E-state index contributed by atoms with van der Waals surface area (Å²) in [6.45, 7) is 6.51. The fraction of sp³-hybridized carbons (Fsp3) is 0.615. The van der Waals surface area contributed by atoms with E-state index in [1.807, 2.05) is 12.4 Å². The normalized spacial score (nSPS) is 22.9. The van der Waals surface area contributed by atoms with E-state index in [-0.39, 0.29) is 0 Å². The minimum absolute atomic E-state index is 0.882. The molecule has 1 fully saturated rings. The van der Waals surface area contributed by atoms with Crippen molar-refractivity contribution >= 4 is 11.4 Å². The van der Waals surface area contributed by atoms with Gasteiger partial charge in [-0.05, 0) is 31.2 Å². The average molecular weight is 219 g/mol. The molecule has 0 amide bonds. The van der Waals surface area contributed by atoms with Crippen molar-refractivity contribution in [1.82, 2.24) is 4.98 Å². The Bertz CT molecular complexity index is 351. The summed E-state index contributed by atoms with van der Waals surface area (Å²) in [7, 11) is 2.15. The van der Waals surface area contributed by atoms with Crippen LogP contribution in [0, 0.1) is 11.8 Å². The van der Waals surface area contributed by atoms with Crippen molar-refractivity contribution in [2.45, 2.75) is 20.3 Å². The van der Waals surface area contributed by atoms with Crippen LogP contribution in [0.1, 0.15) is 20.3 Å². The molecule has 0 spiro atoms. The van der Waals surface area contributed by atoms with Gasteiger partial charge in [-0.3, -0.25) is 4.98 Å². The first-order chi connectivity index (χ1) is 7.70. The molecule has 88 valence electrons. The topological polar surface area (TPSA) is 28.2 Å². The molecule has 0 bridgehead atoms. The second-order valence-electron chi connectivity index (χ2n) is 4.82. The van der Waals surface area contributed by atoms with Crippen LogP contribution in [0.2, 0.25) is 0 Å². The molecule has 1 aromatic heterocycles. The Morgan fingerprint density at radius 1 is 1.50 bits per heavy atom. The smallest absolute Gasteiger partial charge is 0.0570 e. The Kier molecular flexibility index (Phi) is 3.32. The Labute approximate surface area is 97.9 Å². The highest BCUT2D eigenvalue weighted by Crippen LogP contribution is 2.38. The van der Waals surface area contributed by atoms with Crippen molar-refractivity contribution < 1.29 is 0 Å². The molecule has 2 unspecified atom stereocenters. The van der Waals surface area contributed by atoms with E-state index in [1.165, 1.54) is 12.1 Å². The van der Waals surface area contributed by atoms with E-state index in [1.54, 1.807) is 0 Å². The fourth-order valence-electron chi connectivity index (χ4n) is 2.05. The summed E-state index contributed by atoms with van der Waals surface area (Å²) >= 11 is 0. The molecule has 16 heavy (non-hydrogen) atoms. The molecule has 1 N–H and O–H groups in total. The second kappa shape index (κ2) is 4.73. The molecule has 1 aromatic rings. The number of rotatable bonds is 5. The van der Waals surface area contributed by atoms with E-state index in [0.717, 1.165) is 30.6 Å². The van der Waals surface area contributed by atoms with Gasteiger partial charge in [-0.1, -0.05) is 6.92 Å². The molecule has 2 atom stereocenters. The summed E-state index contributed by atoms with van der Waals surface area (Å²) in [5, 5.41) is 3.29. The third-order valence-electron chi connectivity index (χ3n) is 3.33. The summed E-state index contributed by atoms with van der Waals surface area (Å²) < 4.78 is 0. The summed E-state index contributed by atoms with van der Waals surface area (Å²) in [6, 6.07) is 2.17. The van der Waals surface area contributed by atoms with Crippen LogP contribution in [-0.2, 0) is 0 Å². The first-order valence-electron chi connectivity index (χ1n) is 6.10. The van der Waals surface area contributed by atoms with Gasteiger partial charge in [0.1, 0.15) is 0 Å². The minimum Gasteiger partial charge on any atom is -0.384 e. The van der Waals surface area contributed by atoms with Crippen LogP contribution >= 0.6 is 0 Å². The predicted molar refractivity (Wildman–Crippen MR) is 68.9 cm³/mol. The van der Waals surface area contributed by atoms with Gasteiger partial charge in [-0.15, -0.1) is 0 Å². The molecule has 2 rings (SSSR count). The first kappa shape index (κ1) is 11.2. The fourth-order valence-corrected chi connectivity index (χ4v) is 2.05. The Morgan fingerprint density at radius 2 is 2.25 bits per heavy atom. The van der Waals surface area contributed by atoms with Gasteiger partial charge in [-0.2, -0.15) is 0 Å². The van der Waals surface area contributed by atoms with Crippen LogP contribution in [0.25, 0.3) is 0 Å².